The van der Waals surface area contributed by atoms with Crippen LogP contribution in [0.25, 0.3) is 10.9 Å². The van der Waals surface area contributed by atoms with Gasteiger partial charge in [0.1, 0.15) is 6.04 Å². The van der Waals surface area contributed by atoms with Gasteiger partial charge in [-0.15, -0.1) is 0 Å². The van der Waals surface area contributed by atoms with Crippen LogP contribution in [0.15, 0.2) is 34.9 Å². The lowest BCUT2D eigenvalue weighted by Gasteiger charge is -2.36. The molecule has 0 radical (unpaired) electrons. The van der Waals surface area contributed by atoms with Crippen LogP contribution in [0.4, 0.5) is 5.69 Å². The number of fused-ring (bicyclic) bond motifs is 1. The van der Waals surface area contributed by atoms with Gasteiger partial charge in [0.05, 0.1) is 17.7 Å². The van der Waals surface area contributed by atoms with Gasteiger partial charge >= 0.3 is 0 Å². The second kappa shape index (κ2) is 3.78. The van der Waals surface area contributed by atoms with Crippen LogP contribution < -0.4 is 10.6 Å². The molecule has 1 amide bonds. The van der Waals surface area contributed by atoms with E-state index in [4.69, 9.17) is 5.73 Å². The minimum atomic E-state index is -0.360. The molecule has 0 spiro atoms. The summed E-state index contributed by atoms with van der Waals surface area (Å²) in [6.45, 7) is 0.565. The number of carbonyl (C=O) groups excluding carboxylic acids is 1. The fourth-order valence-electron chi connectivity index (χ4n) is 2.01. The molecule has 1 fully saturated rings. The zero-order chi connectivity index (χ0) is 12.0. The van der Waals surface area contributed by atoms with E-state index in [9.17, 15) is 4.79 Å². The number of anilines is 1. The van der Waals surface area contributed by atoms with Crippen LogP contribution in [0.3, 0.4) is 0 Å². The molecule has 0 aliphatic carbocycles. The van der Waals surface area contributed by atoms with Gasteiger partial charge < -0.3 is 10.6 Å². The monoisotopic (exact) mass is 291 g/mol. The lowest BCUT2D eigenvalue weighted by atomic mass is 10.1. The predicted octanol–water partition coefficient (Wildman–Crippen LogP) is 1.67. The predicted molar refractivity (Wildman–Crippen MR) is 69.8 cm³/mol. The van der Waals surface area contributed by atoms with Crippen LogP contribution in [0.2, 0.25) is 0 Å². The third-order valence-corrected chi connectivity index (χ3v) is 3.34. The topological polar surface area (TPSA) is 59.2 Å². The van der Waals surface area contributed by atoms with Gasteiger partial charge in [-0.1, -0.05) is 12.1 Å². The SMILES string of the molecule is NC1CN(c2cccc3cc(Br)cnc23)C1=O. The number of aromatic nitrogens is 1. The van der Waals surface area contributed by atoms with Crippen LogP contribution in [0.1, 0.15) is 0 Å². The fourth-order valence-corrected chi connectivity index (χ4v) is 2.35. The first-order valence-electron chi connectivity index (χ1n) is 5.28. The number of rotatable bonds is 1. The van der Waals surface area contributed by atoms with Crippen molar-refractivity contribution in [2.24, 2.45) is 5.73 Å². The molecular formula is C12H10BrN3O. The number of halogens is 1. The highest BCUT2D eigenvalue weighted by Crippen LogP contribution is 2.29. The van der Waals surface area contributed by atoms with Crippen LogP contribution in [-0.4, -0.2) is 23.5 Å². The zero-order valence-corrected chi connectivity index (χ0v) is 10.5. The van der Waals surface area contributed by atoms with Crippen molar-refractivity contribution in [1.82, 2.24) is 4.98 Å². The highest BCUT2D eigenvalue weighted by molar-refractivity contribution is 9.10. The molecule has 1 aromatic carbocycles. The molecule has 86 valence electrons. The molecule has 5 heteroatoms. The number of nitrogens with zero attached hydrogens (tertiary/aromatic N) is 2. The molecule has 1 saturated heterocycles. The summed E-state index contributed by atoms with van der Waals surface area (Å²) in [7, 11) is 0. The van der Waals surface area contributed by atoms with Gasteiger partial charge in [0.2, 0.25) is 5.91 Å². The van der Waals surface area contributed by atoms with Crippen molar-refractivity contribution in [2.45, 2.75) is 6.04 Å². The van der Waals surface area contributed by atoms with E-state index in [1.165, 1.54) is 0 Å². The normalized spacial score (nSPS) is 19.5. The summed E-state index contributed by atoms with van der Waals surface area (Å²) in [4.78, 5) is 17.7. The number of para-hydroxylation sites is 1. The van der Waals surface area contributed by atoms with Gasteiger partial charge in [0, 0.05) is 16.1 Å². The Balaban J connectivity index is 2.14. The lowest BCUT2D eigenvalue weighted by molar-refractivity contribution is -0.123. The van der Waals surface area contributed by atoms with Crippen molar-refractivity contribution in [3.8, 4) is 0 Å². The first-order chi connectivity index (χ1) is 8.16. The molecule has 0 saturated carbocycles. The molecule has 2 aromatic rings. The van der Waals surface area contributed by atoms with Crippen molar-refractivity contribution < 1.29 is 4.79 Å². The van der Waals surface area contributed by atoms with E-state index in [0.717, 1.165) is 21.1 Å². The van der Waals surface area contributed by atoms with Crippen molar-refractivity contribution >= 4 is 38.4 Å². The number of nitrogens with two attached hydrogens (primary N) is 1. The summed E-state index contributed by atoms with van der Waals surface area (Å²) in [5.74, 6) is -0.0396. The first-order valence-corrected chi connectivity index (χ1v) is 6.07. The summed E-state index contributed by atoms with van der Waals surface area (Å²) >= 11 is 3.38. The van der Waals surface area contributed by atoms with Gasteiger partial charge in [0.15, 0.2) is 0 Å². The van der Waals surface area contributed by atoms with E-state index in [1.54, 1.807) is 11.1 Å². The van der Waals surface area contributed by atoms with Crippen molar-refractivity contribution in [1.29, 1.82) is 0 Å². The smallest absolute Gasteiger partial charge is 0.245 e. The Morgan fingerprint density at radius 1 is 1.47 bits per heavy atom. The number of benzene rings is 1. The van der Waals surface area contributed by atoms with Crippen LogP contribution in [0.5, 0.6) is 0 Å². The molecule has 17 heavy (non-hydrogen) atoms. The van der Waals surface area contributed by atoms with E-state index in [1.807, 2.05) is 24.3 Å². The van der Waals surface area contributed by atoms with E-state index in [2.05, 4.69) is 20.9 Å². The maximum atomic E-state index is 11.6. The molecule has 1 aliphatic rings. The standard InChI is InChI=1S/C12H10BrN3O/c13-8-4-7-2-1-3-10(11(7)15-5-8)16-6-9(14)12(16)17/h1-5,9H,6,14H2. The number of hydrogen-bond donors (Lipinski definition) is 1. The van der Waals surface area contributed by atoms with Gasteiger partial charge in [-0.05, 0) is 28.1 Å². The van der Waals surface area contributed by atoms with E-state index >= 15 is 0 Å². The minimum Gasteiger partial charge on any atom is -0.318 e. The third-order valence-electron chi connectivity index (χ3n) is 2.91. The molecule has 3 rings (SSSR count). The number of hydrogen-bond acceptors (Lipinski definition) is 3. The quantitative estimate of drug-likeness (QED) is 0.813. The van der Waals surface area contributed by atoms with Crippen LogP contribution in [-0.2, 0) is 4.79 Å². The first kappa shape index (κ1) is 10.7. The summed E-state index contributed by atoms with van der Waals surface area (Å²) in [6, 6.07) is 7.41. The molecular weight excluding hydrogens is 282 g/mol. The lowest BCUT2D eigenvalue weighted by Crippen LogP contribution is -2.61. The maximum Gasteiger partial charge on any atom is 0.245 e. The Morgan fingerprint density at radius 2 is 2.29 bits per heavy atom. The molecule has 4 nitrogen and oxygen atoms in total. The highest BCUT2D eigenvalue weighted by Gasteiger charge is 2.35. The van der Waals surface area contributed by atoms with Crippen LogP contribution >= 0.6 is 15.9 Å². The Labute approximate surface area is 107 Å². The van der Waals surface area contributed by atoms with Crippen LogP contribution in [0, 0.1) is 0 Å². The molecule has 1 unspecified atom stereocenters. The molecule has 2 N–H and O–H groups in total. The Bertz CT molecular complexity index is 614. The summed E-state index contributed by atoms with van der Waals surface area (Å²) in [5, 5.41) is 1.00. The highest BCUT2D eigenvalue weighted by atomic mass is 79.9. The third kappa shape index (κ3) is 1.62. The average molecular weight is 292 g/mol. The Hall–Kier alpha value is -1.46. The number of pyridine rings is 1. The van der Waals surface area contributed by atoms with E-state index < -0.39 is 0 Å². The van der Waals surface area contributed by atoms with E-state index in [-0.39, 0.29) is 11.9 Å². The number of amides is 1. The summed E-state index contributed by atoms with van der Waals surface area (Å²) in [6.07, 6.45) is 1.73. The second-order valence-electron chi connectivity index (χ2n) is 4.06. The van der Waals surface area contributed by atoms with Gasteiger partial charge in [-0.2, -0.15) is 0 Å². The van der Waals surface area contributed by atoms with Gasteiger partial charge in [0.25, 0.3) is 0 Å². The summed E-state index contributed by atoms with van der Waals surface area (Å²) < 4.78 is 0.925. The van der Waals surface area contributed by atoms with Gasteiger partial charge in [-0.3, -0.25) is 9.78 Å². The molecule has 1 aromatic heterocycles. The van der Waals surface area contributed by atoms with Crippen molar-refractivity contribution in [3.63, 3.8) is 0 Å². The fraction of sp³-hybridized carbons (Fsp3) is 0.167. The molecule has 0 bridgehead atoms. The number of β-lactam (4-membered cyclic amide) rings is 1. The van der Waals surface area contributed by atoms with E-state index in [0.29, 0.717) is 6.54 Å². The number of carbonyl (C=O) groups is 1. The maximum absolute atomic E-state index is 11.6. The van der Waals surface area contributed by atoms with Gasteiger partial charge in [-0.25, -0.2) is 0 Å². The summed E-state index contributed by atoms with van der Waals surface area (Å²) in [5.41, 5.74) is 7.26. The van der Waals surface area contributed by atoms with Crippen molar-refractivity contribution in [3.05, 3.63) is 34.9 Å². The Morgan fingerprint density at radius 3 is 3.00 bits per heavy atom. The molecule has 1 atom stereocenters. The average Bonchev–Trinajstić information content (AvgIpc) is 2.34. The molecule has 2 heterocycles. The van der Waals surface area contributed by atoms with Crippen molar-refractivity contribution in [2.75, 3.05) is 11.4 Å². The largest absolute Gasteiger partial charge is 0.318 e. The molecule has 1 aliphatic heterocycles. The second-order valence-corrected chi connectivity index (χ2v) is 4.97. The Kier molecular flexibility index (Phi) is 2.38. The minimum absolute atomic E-state index is 0.0396. The zero-order valence-electron chi connectivity index (χ0n) is 8.93.